The van der Waals surface area contributed by atoms with Gasteiger partial charge in [0.1, 0.15) is 11.3 Å². The third-order valence-corrected chi connectivity index (χ3v) is 3.91. The fourth-order valence-corrected chi connectivity index (χ4v) is 2.60. The van der Waals surface area contributed by atoms with E-state index < -0.39 is 0 Å². The van der Waals surface area contributed by atoms with E-state index in [4.69, 9.17) is 0 Å². The molecular weight excluding hydrogens is 232 g/mol. The maximum absolute atomic E-state index is 11.2. The molecule has 0 fully saturated rings. The molecule has 0 aliphatic carbocycles. The van der Waals surface area contributed by atoms with Crippen molar-refractivity contribution < 1.29 is 4.79 Å². The van der Waals surface area contributed by atoms with Crippen LogP contribution in [-0.4, -0.2) is 16.3 Å². The maximum Gasteiger partial charge on any atom is 0.130 e. The van der Waals surface area contributed by atoms with E-state index in [9.17, 15) is 4.79 Å². The molecule has 0 N–H and O–H groups in total. The van der Waals surface area contributed by atoms with Crippen LogP contribution in [0.3, 0.4) is 0 Å². The lowest BCUT2D eigenvalue weighted by Crippen LogP contribution is -2.04. The van der Waals surface area contributed by atoms with Gasteiger partial charge in [0.25, 0.3) is 0 Å². The standard InChI is InChI=1S/C13H14N2OS/c1-9-10(2)17-13(15-9)12(8-16)6-11-4-3-5-14-7-11/h3-5,7-8,12H,6H2,1-2H3. The molecule has 0 amide bonds. The lowest BCUT2D eigenvalue weighted by Gasteiger charge is -2.06. The molecule has 0 aliphatic heterocycles. The van der Waals surface area contributed by atoms with Crippen LogP contribution in [0.15, 0.2) is 24.5 Å². The second-order valence-electron chi connectivity index (χ2n) is 4.00. The fraction of sp³-hybridized carbons (Fsp3) is 0.308. The number of thiazole rings is 1. The van der Waals surface area contributed by atoms with Crippen LogP contribution in [0.4, 0.5) is 0 Å². The molecule has 0 bridgehead atoms. The monoisotopic (exact) mass is 246 g/mol. The zero-order chi connectivity index (χ0) is 12.3. The number of carbonyl (C=O) groups excluding carboxylic acids is 1. The largest absolute Gasteiger partial charge is 0.303 e. The summed E-state index contributed by atoms with van der Waals surface area (Å²) in [6.45, 7) is 4.00. The van der Waals surface area contributed by atoms with Crippen molar-refractivity contribution >= 4 is 17.6 Å². The molecule has 4 heteroatoms. The molecule has 2 aromatic rings. The van der Waals surface area contributed by atoms with Gasteiger partial charge in [-0.25, -0.2) is 4.98 Å². The van der Waals surface area contributed by atoms with E-state index in [1.165, 1.54) is 4.88 Å². The Labute approximate surface area is 105 Å². The smallest absolute Gasteiger partial charge is 0.130 e. The van der Waals surface area contributed by atoms with E-state index in [-0.39, 0.29) is 5.92 Å². The van der Waals surface area contributed by atoms with Crippen molar-refractivity contribution in [2.45, 2.75) is 26.2 Å². The van der Waals surface area contributed by atoms with Crippen LogP contribution in [-0.2, 0) is 11.2 Å². The molecule has 2 heterocycles. The highest BCUT2D eigenvalue weighted by atomic mass is 32.1. The molecule has 0 aromatic carbocycles. The minimum Gasteiger partial charge on any atom is -0.303 e. The van der Waals surface area contributed by atoms with Gasteiger partial charge in [0, 0.05) is 17.3 Å². The molecule has 2 aromatic heterocycles. The van der Waals surface area contributed by atoms with Crippen LogP contribution in [0, 0.1) is 13.8 Å². The summed E-state index contributed by atoms with van der Waals surface area (Å²) in [6.07, 6.45) is 5.18. The van der Waals surface area contributed by atoms with Crippen molar-refractivity contribution in [2.24, 2.45) is 0 Å². The third kappa shape index (κ3) is 2.77. The molecule has 88 valence electrons. The number of hydrogen-bond donors (Lipinski definition) is 0. The van der Waals surface area contributed by atoms with Crippen molar-refractivity contribution in [3.05, 3.63) is 45.7 Å². The van der Waals surface area contributed by atoms with E-state index in [0.29, 0.717) is 6.42 Å². The average Bonchev–Trinajstić information content (AvgIpc) is 2.68. The quantitative estimate of drug-likeness (QED) is 0.779. The van der Waals surface area contributed by atoms with Gasteiger partial charge >= 0.3 is 0 Å². The Balaban J connectivity index is 2.20. The highest BCUT2D eigenvalue weighted by Crippen LogP contribution is 2.25. The predicted octanol–water partition coefficient (Wildman–Crippen LogP) is 2.68. The van der Waals surface area contributed by atoms with Gasteiger partial charge in [0.2, 0.25) is 0 Å². The molecule has 17 heavy (non-hydrogen) atoms. The number of nitrogens with zero attached hydrogens (tertiary/aromatic N) is 2. The average molecular weight is 246 g/mol. The lowest BCUT2D eigenvalue weighted by molar-refractivity contribution is -0.109. The Hall–Kier alpha value is -1.55. The first-order chi connectivity index (χ1) is 8.20. The van der Waals surface area contributed by atoms with E-state index in [1.54, 1.807) is 23.7 Å². The molecule has 0 aliphatic rings. The Bertz CT molecular complexity index is 488. The summed E-state index contributed by atoms with van der Waals surface area (Å²) in [5.41, 5.74) is 2.08. The maximum atomic E-state index is 11.2. The second-order valence-corrected chi connectivity index (χ2v) is 5.24. The van der Waals surface area contributed by atoms with Crippen molar-refractivity contribution in [1.29, 1.82) is 0 Å². The summed E-state index contributed by atoms with van der Waals surface area (Å²) in [5, 5.41) is 0.902. The van der Waals surface area contributed by atoms with Crippen LogP contribution in [0.2, 0.25) is 0 Å². The minimum atomic E-state index is -0.156. The number of aromatic nitrogens is 2. The van der Waals surface area contributed by atoms with Gasteiger partial charge in [-0.1, -0.05) is 6.07 Å². The summed E-state index contributed by atoms with van der Waals surface area (Å²) in [7, 11) is 0. The normalized spacial score (nSPS) is 12.4. The molecule has 0 saturated carbocycles. The molecule has 0 saturated heterocycles. The summed E-state index contributed by atoms with van der Waals surface area (Å²) >= 11 is 1.60. The van der Waals surface area contributed by atoms with Crippen LogP contribution in [0.25, 0.3) is 0 Å². The Morgan fingerprint density at radius 3 is 2.82 bits per heavy atom. The Morgan fingerprint density at radius 1 is 1.47 bits per heavy atom. The number of aryl methyl sites for hydroxylation is 2. The topological polar surface area (TPSA) is 42.9 Å². The van der Waals surface area contributed by atoms with Crippen LogP contribution in [0.1, 0.15) is 27.1 Å². The van der Waals surface area contributed by atoms with Crippen molar-refractivity contribution in [3.63, 3.8) is 0 Å². The number of carbonyl (C=O) groups is 1. The van der Waals surface area contributed by atoms with E-state index in [2.05, 4.69) is 9.97 Å². The molecule has 1 unspecified atom stereocenters. The number of hydrogen-bond acceptors (Lipinski definition) is 4. The van der Waals surface area contributed by atoms with Gasteiger partial charge in [0.05, 0.1) is 11.6 Å². The number of rotatable bonds is 4. The van der Waals surface area contributed by atoms with Gasteiger partial charge < -0.3 is 4.79 Å². The summed E-state index contributed by atoms with van der Waals surface area (Å²) < 4.78 is 0. The van der Waals surface area contributed by atoms with Crippen LogP contribution in [0.5, 0.6) is 0 Å². The minimum absolute atomic E-state index is 0.156. The van der Waals surface area contributed by atoms with Gasteiger partial charge in [0.15, 0.2) is 0 Å². The molecule has 3 nitrogen and oxygen atoms in total. The van der Waals surface area contributed by atoms with Gasteiger partial charge in [-0.3, -0.25) is 4.98 Å². The third-order valence-electron chi connectivity index (χ3n) is 2.70. The SMILES string of the molecule is Cc1nc(C(C=O)Cc2cccnc2)sc1C. The van der Waals surface area contributed by atoms with Crippen molar-refractivity contribution in [3.8, 4) is 0 Å². The molecular formula is C13H14N2OS. The fourth-order valence-electron chi connectivity index (χ4n) is 1.62. The predicted molar refractivity (Wildman–Crippen MR) is 68.3 cm³/mol. The first-order valence-corrected chi connectivity index (χ1v) is 6.30. The second kappa shape index (κ2) is 5.19. The summed E-state index contributed by atoms with van der Waals surface area (Å²) in [6, 6.07) is 3.87. The molecule has 0 radical (unpaired) electrons. The Morgan fingerprint density at radius 2 is 2.29 bits per heavy atom. The lowest BCUT2D eigenvalue weighted by atomic mass is 10.0. The van der Waals surface area contributed by atoms with Gasteiger partial charge in [-0.2, -0.15) is 0 Å². The summed E-state index contributed by atoms with van der Waals surface area (Å²) in [4.78, 5) is 20.9. The summed E-state index contributed by atoms with van der Waals surface area (Å²) in [5.74, 6) is -0.156. The number of aldehydes is 1. The van der Waals surface area contributed by atoms with E-state index >= 15 is 0 Å². The molecule has 0 spiro atoms. The van der Waals surface area contributed by atoms with Crippen LogP contribution < -0.4 is 0 Å². The van der Waals surface area contributed by atoms with Crippen molar-refractivity contribution in [1.82, 2.24) is 9.97 Å². The number of pyridine rings is 1. The highest BCUT2D eigenvalue weighted by molar-refractivity contribution is 7.11. The van der Waals surface area contributed by atoms with Crippen molar-refractivity contribution in [2.75, 3.05) is 0 Å². The van der Waals surface area contributed by atoms with Gasteiger partial charge in [-0.15, -0.1) is 11.3 Å². The zero-order valence-corrected chi connectivity index (χ0v) is 10.7. The van der Waals surface area contributed by atoms with Gasteiger partial charge in [-0.05, 0) is 31.9 Å². The zero-order valence-electron chi connectivity index (χ0n) is 9.88. The molecule has 1 atom stereocenters. The van der Waals surface area contributed by atoms with Crippen LogP contribution >= 0.6 is 11.3 Å². The first-order valence-electron chi connectivity index (χ1n) is 5.49. The molecule has 2 rings (SSSR count). The Kier molecular flexibility index (Phi) is 3.64. The van der Waals surface area contributed by atoms with E-state index in [1.807, 2.05) is 26.0 Å². The first kappa shape index (κ1) is 11.9. The highest BCUT2D eigenvalue weighted by Gasteiger charge is 2.16. The van der Waals surface area contributed by atoms with E-state index in [0.717, 1.165) is 22.6 Å².